The van der Waals surface area contributed by atoms with Gasteiger partial charge in [0.2, 0.25) is 5.91 Å². The summed E-state index contributed by atoms with van der Waals surface area (Å²) < 4.78 is 0. The molecule has 0 saturated carbocycles. The summed E-state index contributed by atoms with van der Waals surface area (Å²) in [5.74, 6) is -0.0680. The molecule has 0 aliphatic carbocycles. The summed E-state index contributed by atoms with van der Waals surface area (Å²) in [6.45, 7) is 2.18. The van der Waals surface area contributed by atoms with Crippen molar-refractivity contribution in [2.75, 3.05) is 25.0 Å². The maximum atomic E-state index is 12.1. The standard InChI is InChI=1S/C18H21ClN2O2/c19-16-8-4-5-9-17(16)20-18(23)10-11-21(12-13-22)14-15-6-2-1-3-7-15/h1-9,22H,10-14H2,(H,20,23)/p+1. The highest BCUT2D eigenvalue weighted by Gasteiger charge is 2.12. The molecule has 2 rings (SSSR count). The molecule has 122 valence electrons. The first-order valence-electron chi connectivity index (χ1n) is 7.72. The van der Waals surface area contributed by atoms with Crippen LogP contribution in [0.4, 0.5) is 5.69 Å². The van der Waals surface area contributed by atoms with Crippen molar-refractivity contribution < 1.29 is 14.8 Å². The minimum atomic E-state index is -0.0680. The van der Waals surface area contributed by atoms with Gasteiger partial charge in [0.05, 0.1) is 30.3 Å². The van der Waals surface area contributed by atoms with Gasteiger partial charge in [-0.1, -0.05) is 54.1 Å². The summed E-state index contributed by atoms with van der Waals surface area (Å²) in [5.41, 5.74) is 1.83. The van der Waals surface area contributed by atoms with Gasteiger partial charge in [-0.3, -0.25) is 4.79 Å². The molecule has 23 heavy (non-hydrogen) atoms. The Kier molecular flexibility index (Phi) is 7.07. The smallest absolute Gasteiger partial charge is 0.230 e. The summed E-state index contributed by atoms with van der Waals surface area (Å²) in [4.78, 5) is 13.3. The fraction of sp³-hybridized carbons (Fsp3) is 0.278. The van der Waals surface area contributed by atoms with Crippen LogP contribution in [-0.2, 0) is 11.3 Å². The molecular formula is C18H22ClN2O2+. The third-order valence-corrected chi connectivity index (χ3v) is 3.95. The molecule has 1 amide bonds. The summed E-state index contributed by atoms with van der Waals surface area (Å²) >= 11 is 6.04. The van der Waals surface area contributed by atoms with E-state index in [0.717, 1.165) is 6.54 Å². The van der Waals surface area contributed by atoms with Crippen LogP contribution in [0.1, 0.15) is 12.0 Å². The molecular weight excluding hydrogens is 312 g/mol. The number of carbonyl (C=O) groups is 1. The van der Waals surface area contributed by atoms with Crippen LogP contribution in [0.2, 0.25) is 5.02 Å². The Balaban J connectivity index is 1.85. The first-order chi connectivity index (χ1) is 11.2. The van der Waals surface area contributed by atoms with E-state index in [9.17, 15) is 9.90 Å². The van der Waals surface area contributed by atoms with Crippen molar-refractivity contribution in [2.45, 2.75) is 13.0 Å². The van der Waals surface area contributed by atoms with Gasteiger partial charge in [0, 0.05) is 5.56 Å². The van der Waals surface area contributed by atoms with E-state index < -0.39 is 0 Å². The van der Waals surface area contributed by atoms with Crippen molar-refractivity contribution >= 4 is 23.2 Å². The van der Waals surface area contributed by atoms with Gasteiger partial charge in [0.1, 0.15) is 13.1 Å². The number of anilines is 1. The van der Waals surface area contributed by atoms with Gasteiger partial charge in [0.15, 0.2) is 0 Å². The molecule has 1 atom stereocenters. The fourth-order valence-electron chi connectivity index (χ4n) is 2.41. The molecule has 0 fully saturated rings. The number of quaternary nitrogens is 1. The number of aliphatic hydroxyl groups is 1. The predicted octanol–water partition coefficient (Wildman–Crippen LogP) is 1.75. The Morgan fingerprint density at radius 3 is 2.43 bits per heavy atom. The van der Waals surface area contributed by atoms with E-state index >= 15 is 0 Å². The van der Waals surface area contributed by atoms with Gasteiger partial charge in [-0.2, -0.15) is 0 Å². The third kappa shape index (κ3) is 6.02. The highest BCUT2D eigenvalue weighted by atomic mass is 35.5. The lowest BCUT2D eigenvalue weighted by Crippen LogP contribution is -3.11. The van der Waals surface area contributed by atoms with Crippen LogP contribution in [0.5, 0.6) is 0 Å². The Morgan fingerprint density at radius 1 is 1.04 bits per heavy atom. The number of halogens is 1. The van der Waals surface area contributed by atoms with Gasteiger partial charge in [-0.15, -0.1) is 0 Å². The summed E-state index contributed by atoms with van der Waals surface area (Å²) in [7, 11) is 0. The van der Waals surface area contributed by atoms with E-state index in [1.807, 2.05) is 30.3 Å². The van der Waals surface area contributed by atoms with Crippen LogP contribution in [0, 0.1) is 0 Å². The van der Waals surface area contributed by atoms with Crippen molar-refractivity contribution in [3.63, 3.8) is 0 Å². The predicted molar refractivity (Wildman–Crippen MR) is 92.6 cm³/mol. The van der Waals surface area contributed by atoms with Crippen LogP contribution >= 0.6 is 11.6 Å². The second-order valence-corrected chi connectivity index (χ2v) is 5.82. The summed E-state index contributed by atoms with van der Waals surface area (Å²) in [6, 6.07) is 17.3. The fourth-order valence-corrected chi connectivity index (χ4v) is 2.59. The lowest BCUT2D eigenvalue weighted by atomic mass is 10.2. The molecule has 2 aromatic carbocycles. The highest BCUT2D eigenvalue weighted by molar-refractivity contribution is 6.33. The quantitative estimate of drug-likeness (QED) is 0.689. The zero-order chi connectivity index (χ0) is 16.5. The molecule has 0 heterocycles. The second-order valence-electron chi connectivity index (χ2n) is 5.41. The third-order valence-electron chi connectivity index (χ3n) is 3.62. The number of nitrogens with one attached hydrogen (secondary N) is 2. The molecule has 3 N–H and O–H groups in total. The summed E-state index contributed by atoms with van der Waals surface area (Å²) in [6.07, 6.45) is 0.382. The van der Waals surface area contributed by atoms with Crippen molar-refractivity contribution in [3.8, 4) is 0 Å². The number of amides is 1. The summed E-state index contributed by atoms with van der Waals surface area (Å²) in [5, 5.41) is 12.6. The molecule has 0 aromatic heterocycles. The number of rotatable bonds is 8. The van der Waals surface area contributed by atoms with Crippen molar-refractivity contribution in [3.05, 3.63) is 65.2 Å². The van der Waals surface area contributed by atoms with Gasteiger partial charge >= 0.3 is 0 Å². The average molecular weight is 334 g/mol. The molecule has 0 bridgehead atoms. The minimum Gasteiger partial charge on any atom is -0.391 e. The van der Waals surface area contributed by atoms with Crippen LogP contribution in [-0.4, -0.2) is 30.7 Å². The lowest BCUT2D eigenvalue weighted by molar-refractivity contribution is -0.913. The van der Waals surface area contributed by atoms with Gasteiger partial charge < -0.3 is 15.3 Å². The van der Waals surface area contributed by atoms with Gasteiger partial charge in [0.25, 0.3) is 0 Å². The van der Waals surface area contributed by atoms with Gasteiger partial charge in [-0.05, 0) is 12.1 Å². The van der Waals surface area contributed by atoms with Crippen molar-refractivity contribution in [1.29, 1.82) is 0 Å². The maximum absolute atomic E-state index is 12.1. The van der Waals surface area contributed by atoms with Crippen LogP contribution in [0.3, 0.4) is 0 Å². The van der Waals surface area contributed by atoms with E-state index in [1.54, 1.807) is 12.1 Å². The first kappa shape index (κ1) is 17.5. The average Bonchev–Trinajstić information content (AvgIpc) is 2.56. The Morgan fingerprint density at radius 2 is 1.74 bits per heavy atom. The zero-order valence-electron chi connectivity index (χ0n) is 13.0. The maximum Gasteiger partial charge on any atom is 0.230 e. The number of benzene rings is 2. The highest BCUT2D eigenvalue weighted by Crippen LogP contribution is 2.20. The molecule has 0 aliphatic rings. The van der Waals surface area contributed by atoms with E-state index in [2.05, 4.69) is 17.4 Å². The molecule has 1 unspecified atom stereocenters. The topological polar surface area (TPSA) is 53.8 Å². The monoisotopic (exact) mass is 333 g/mol. The minimum absolute atomic E-state index is 0.0680. The molecule has 0 saturated heterocycles. The van der Waals surface area contributed by atoms with E-state index in [-0.39, 0.29) is 12.5 Å². The molecule has 0 aliphatic heterocycles. The van der Waals surface area contributed by atoms with Gasteiger partial charge in [-0.25, -0.2) is 0 Å². The van der Waals surface area contributed by atoms with E-state index in [1.165, 1.54) is 10.5 Å². The molecule has 5 heteroatoms. The van der Waals surface area contributed by atoms with Crippen molar-refractivity contribution in [1.82, 2.24) is 0 Å². The zero-order valence-corrected chi connectivity index (χ0v) is 13.7. The molecule has 0 spiro atoms. The van der Waals surface area contributed by atoms with E-state index in [0.29, 0.717) is 30.2 Å². The normalized spacial score (nSPS) is 11.9. The van der Waals surface area contributed by atoms with Crippen LogP contribution in [0.25, 0.3) is 0 Å². The Hall–Kier alpha value is -1.88. The first-order valence-corrected chi connectivity index (χ1v) is 8.09. The SMILES string of the molecule is O=C(CC[NH+](CCO)Cc1ccccc1)Nc1ccccc1Cl. The molecule has 2 aromatic rings. The number of aliphatic hydroxyl groups excluding tert-OH is 1. The number of carbonyl (C=O) groups excluding carboxylic acids is 1. The molecule has 0 radical (unpaired) electrons. The Bertz CT molecular complexity index is 619. The molecule has 4 nitrogen and oxygen atoms in total. The number of para-hydroxylation sites is 1. The van der Waals surface area contributed by atoms with E-state index in [4.69, 9.17) is 11.6 Å². The van der Waals surface area contributed by atoms with Crippen molar-refractivity contribution in [2.24, 2.45) is 0 Å². The Labute approximate surface area is 141 Å². The number of hydrogen-bond donors (Lipinski definition) is 3. The number of hydrogen-bond acceptors (Lipinski definition) is 2. The van der Waals surface area contributed by atoms with Crippen LogP contribution in [0.15, 0.2) is 54.6 Å². The lowest BCUT2D eigenvalue weighted by Gasteiger charge is -2.18. The second kappa shape index (κ2) is 9.30. The largest absolute Gasteiger partial charge is 0.391 e. The van der Waals surface area contributed by atoms with Crippen LogP contribution < -0.4 is 10.2 Å².